The van der Waals surface area contributed by atoms with Gasteiger partial charge in [0.1, 0.15) is 5.75 Å². The van der Waals surface area contributed by atoms with Gasteiger partial charge in [-0.05, 0) is 45.3 Å². The molecule has 0 bridgehead atoms. The van der Waals surface area contributed by atoms with Gasteiger partial charge in [0.25, 0.3) is 5.91 Å². The zero-order chi connectivity index (χ0) is 16.4. The minimum absolute atomic E-state index is 0.0512. The molecule has 0 fully saturated rings. The van der Waals surface area contributed by atoms with Crippen LogP contribution in [0.3, 0.4) is 0 Å². The number of methoxy groups -OCH3 is 1. The third-order valence-corrected chi connectivity index (χ3v) is 3.07. The molecule has 22 heavy (non-hydrogen) atoms. The first-order valence-corrected chi connectivity index (χ1v) is 7.36. The van der Waals surface area contributed by atoms with Crippen molar-refractivity contribution in [3.8, 4) is 5.75 Å². The highest BCUT2D eigenvalue weighted by Gasteiger charge is 2.07. The van der Waals surface area contributed by atoms with Gasteiger partial charge in [0.2, 0.25) is 5.91 Å². The summed E-state index contributed by atoms with van der Waals surface area (Å²) in [6, 6.07) is 6.90. The molecule has 0 saturated carbocycles. The number of nitrogens with zero attached hydrogens (tertiary/aromatic N) is 1. The predicted octanol–water partition coefficient (Wildman–Crippen LogP) is 0.883. The molecule has 0 spiro atoms. The molecule has 0 heterocycles. The minimum Gasteiger partial charge on any atom is -0.497 e. The fraction of sp³-hybridized carbons (Fsp3) is 0.500. The van der Waals surface area contributed by atoms with E-state index in [9.17, 15) is 9.59 Å². The van der Waals surface area contributed by atoms with Crippen LogP contribution in [0.4, 0.5) is 0 Å². The van der Waals surface area contributed by atoms with E-state index in [4.69, 9.17) is 4.74 Å². The third-order valence-electron chi connectivity index (χ3n) is 3.07. The fourth-order valence-corrected chi connectivity index (χ4v) is 1.87. The van der Waals surface area contributed by atoms with Gasteiger partial charge in [-0.2, -0.15) is 0 Å². The van der Waals surface area contributed by atoms with E-state index in [1.165, 1.54) is 0 Å². The van der Waals surface area contributed by atoms with Crippen LogP contribution in [0.1, 0.15) is 23.2 Å². The van der Waals surface area contributed by atoms with E-state index in [0.717, 1.165) is 13.0 Å². The highest BCUT2D eigenvalue weighted by Crippen LogP contribution is 2.12. The van der Waals surface area contributed by atoms with Gasteiger partial charge >= 0.3 is 0 Å². The number of benzene rings is 1. The number of carbonyl (C=O) groups is 2. The summed E-state index contributed by atoms with van der Waals surface area (Å²) >= 11 is 0. The van der Waals surface area contributed by atoms with Gasteiger partial charge in [0.15, 0.2) is 0 Å². The molecule has 2 amide bonds. The van der Waals surface area contributed by atoms with Crippen LogP contribution in [-0.2, 0) is 4.79 Å². The predicted molar refractivity (Wildman–Crippen MR) is 86.1 cm³/mol. The largest absolute Gasteiger partial charge is 0.497 e. The van der Waals surface area contributed by atoms with Crippen LogP contribution in [0.25, 0.3) is 0 Å². The molecule has 122 valence electrons. The summed E-state index contributed by atoms with van der Waals surface area (Å²) in [5.41, 5.74) is 0.519. The first kappa shape index (κ1) is 18.0. The summed E-state index contributed by atoms with van der Waals surface area (Å²) < 4.78 is 5.07. The molecule has 0 aliphatic carbocycles. The SMILES string of the molecule is COc1cccc(C(=O)NCCC(=O)NCCCN(C)C)c1. The quantitative estimate of drug-likeness (QED) is 0.665. The van der Waals surface area contributed by atoms with Crippen LogP contribution in [-0.4, -0.2) is 57.6 Å². The van der Waals surface area contributed by atoms with Crippen LogP contribution in [0.15, 0.2) is 24.3 Å². The Morgan fingerprint density at radius 1 is 1.18 bits per heavy atom. The summed E-state index contributed by atoms with van der Waals surface area (Å²) in [4.78, 5) is 25.6. The Kier molecular flexibility index (Phi) is 7.99. The van der Waals surface area contributed by atoms with Gasteiger partial charge < -0.3 is 20.3 Å². The maximum atomic E-state index is 11.9. The van der Waals surface area contributed by atoms with E-state index in [1.807, 2.05) is 14.1 Å². The van der Waals surface area contributed by atoms with Crippen LogP contribution in [0.2, 0.25) is 0 Å². The average molecular weight is 307 g/mol. The van der Waals surface area contributed by atoms with Crippen LogP contribution >= 0.6 is 0 Å². The van der Waals surface area contributed by atoms with E-state index in [-0.39, 0.29) is 18.2 Å². The number of hydrogen-bond donors (Lipinski definition) is 2. The summed E-state index contributed by atoms with van der Waals surface area (Å²) in [5.74, 6) is 0.371. The lowest BCUT2D eigenvalue weighted by Gasteiger charge is -2.10. The Hall–Kier alpha value is -2.08. The van der Waals surface area contributed by atoms with Gasteiger partial charge in [-0.25, -0.2) is 0 Å². The second-order valence-electron chi connectivity index (χ2n) is 5.24. The Balaban J connectivity index is 2.22. The summed E-state index contributed by atoms with van der Waals surface area (Å²) in [5, 5.41) is 5.56. The second kappa shape index (κ2) is 9.78. The van der Waals surface area contributed by atoms with Gasteiger partial charge in [-0.15, -0.1) is 0 Å². The van der Waals surface area contributed by atoms with E-state index < -0.39 is 0 Å². The normalized spacial score (nSPS) is 10.4. The maximum Gasteiger partial charge on any atom is 0.251 e. The Bertz CT molecular complexity index is 489. The number of amides is 2. The molecular formula is C16H25N3O3. The molecule has 0 aliphatic rings. The van der Waals surface area contributed by atoms with Crippen molar-refractivity contribution in [2.75, 3.05) is 40.8 Å². The lowest BCUT2D eigenvalue weighted by atomic mass is 10.2. The Morgan fingerprint density at radius 3 is 2.64 bits per heavy atom. The molecule has 0 aliphatic heterocycles. The minimum atomic E-state index is -0.209. The summed E-state index contributed by atoms with van der Waals surface area (Å²) in [6.07, 6.45) is 1.19. The molecule has 0 atom stereocenters. The first-order valence-electron chi connectivity index (χ1n) is 7.36. The van der Waals surface area contributed by atoms with Crippen molar-refractivity contribution in [1.29, 1.82) is 0 Å². The van der Waals surface area contributed by atoms with Crippen molar-refractivity contribution in [2.45, 2.75) is 12.8 Å². The van der Waals surface area contributed by atoms with Gasteiger partial charge in [-0.3, -0.25) is 9.59 Å². The summed E-state index contributed by atoms with van der Waals surface area (Å²) in [6.45, 7) is 1.91. The lowest BCUT2D eigenvalue weighted by molar-refractivity contribution is -0.120. The van der Waals surface area contributed by atoms with Gasteiger partial charge in [0, 0.05) is 25.1 Å². The molecule has 2 N–H and O–H groups in total. The molecule has 0 saturated heterocycles. The molecule has 1 rings (SSSR count). The van der Waals surface area contributed by atoms with Crippen molar-refractivity contribution in [3.05, 3.63) is 29.8 Å². The van der Waals surface area contributed by atoms with Crippen molar-refractivity contribution in [3.63, 3.8) is 0 Å². The van der Waals surface area contributed by atoms with Crippen LogP contribution < -0.4 is 15.4 Å². The highest BCUT2D eigenvalue weighted by atomic mass is 16.5. The standard InChI is InChI=1S/C16H25N3O3/c1-19(2)11-5-9-17-15(20)8-10-18-16(21)13-6-4-7-14(12-13)22-3/h4,6-7,12H,5,8-11H2,1-3H3,(H,17,20)(H,18,21). The smallest absolute Gasteiger partial charge is 0.251 e. The molecular weight excluding hydrogens is 282 g/mol. The lowest BCUT2D eigenvalue weighted by Crippen LogP contribution is -2.32. The van der Waals surface area contributed by atoms with E-state index >= 15 is 0 Å². The van der Waals surface area contributed by atoms with Crippen molar-refractivity contribution in [2.24, 2.45) is 0 Å². The molecule has 6 heteroatoms. The maximum absolute atomic E-state index is 11.9. The molecule has 0 aromatic heterocycles. The third kappa shape index (κ3) is 7.08. The molecule has 1 aromatic carbocycles. The molecule has 0 radical (unpaired) electrons. The number of carbonyl (C=O) groups excluding carboxylic acids is 2. The summed E-state index contributed by atoms with van der Waals surface area (Å²) in [7, 11) is 5.55. The molecule has 1 aromatic rings. The molecule has 0 unspecified atom stereocenters. The van der Waals surface area contributed by atoms with E-state index in [1.54, 1.807) is 31.4 Å². The number of rotatable bonds is 9. The monoisotopic (exact) mass is 307 g/mol. The van der Waals surface area contributed by atoms with E-state index in [2.05, 4.69) is 15.5 Å². The van der Waals surface area contributed by atoms with Gasteiger partial charge in [0.05, 0.1) is 7.11 Å². The zero-order valence-corrected chi connectivity index (χ0v) is 13.5. The fourth-order valence-electron chi connectivity index (χ4n) is 1.87. The zero-order valence-electron chi connectivity index (χ0n) is 13.5. The topological polar surface area (TPSA) is 70.7 Å². The van der Waals surface area contributed by atoms with Crippen LogP contribution in [0.5, 0.6) is 5.75 Å². The van der Waals surface area contributed by atoms with E-state index in [0.29, 0.717) is 24.4 Å². The number of ether oxygens (including phenoxy) is 1. The Labute approximate surface area is 131 Å². The van der Waals surface area contributed by atoms with Crippen molar-refractivity contribution in [1.82, 2.24) is 15.5 Å². The van der Waals surface area contributed by atoms with Gasteiger partial charge in [-0.1, -0.05) is 6.07 Å². The van der Waals surface area contributed by atoms with Crippen molar-refractivity contribution >= 4 is 11.8 Å². The Morgan fingerprint density at radius 2 is 1.95 bits per heavy atom. The molecule has 6 nitrogen and oxygen atoms in total. The van der Waals surface area contributed by atoms with Crippen LogP contribution in [0, 0.1) is 0 Å². The number of nitrogens with one attached hydrogen (secondary N) is 2. The highest BCUT2D eigenvalue weighted by molar-refractivity contribution is 5.94. The van der Waals surface area contributed by atoms with Crippen molar-refractivity contribution < 1.29 is 14.3 Å². The average Bonchev–Trinajstić information content (AvgIpc) is 2.51. The first-order chi connectivity index (χ1) is 10.5. The second-order valence-corrected chi connectivity index (χ2v) is 5.24. The number of hydrogen-bond acceptors (Lipinski definition) is 4.